The molecule has 132 valence electrons. The van der Waals surface area contributed by atoms with Gasteiger partial charge in [0.2, 0.25) is 5.91 Å². The van der Waals surface area contributed by atoms with E-state index in [1.165, 1.54) is 18.5 Å². The second kappa shape index (κ2) is 8.38. The van der Waals surface area contributed by atoms with Gasteiger partial charge in [-0.25, -0.2) is 0 Å². The third-order valence-electron chi connectivity index (χ3n) is 5.05. The average molecular weight is 331 g/mol. The van der Waals surface area contributed by atoms with Gasteiger partial charge in [-0.15, -0.1) is 0 Å². The van der Waals surface area contributed by atoms with Gasteiger partial charge in [0.1, 0.15) is 0 Å². The van der Waals surface area contributed by atoms with Gasteiger partial charge in [-0.3, -0.25) is 4.79 Å². The quantitative estimate of drug-likeness (QED) is 0.901. The van der Waals surface area contributed by atoms with Crippen molar-refractivity contribution in [3.63, 3.8) is 0 Å². The monoisotopic (exact) mass is 331 g/mol. The molecule has 0 atom stereocenters. The minimum absolute atomic E-state index is 0.213. The van der Waals surface area contributed by atoms with E-state index in [4.69, 9.17) is 4.74 Å². The number of amides is 1. The largest absolute Gasteiger partial charge is 0.385 e. The van der Waals surface area contributed by atoms with E-state index >= 15 is 0 Å². The Bertz CT molecular complexity index is 518. The molecule has 0 saturated carbocycles. The van der Waals surface area contributed by atoms with Crippen molar-refractivity contribution in [1.29, 1.82) is 0 Å². The summed E-state index contributed by atoms with van der Waals surface area (Å²) < 4.78 is 5.28. The molecule has 2 aliphatic rings. The van der Waals surface area contributed by atoms with Crippen LogP contribution in [-0.4, -0.2) is 56.7 Å². The Morgan fingerprint density at radius 3 is 2.46 bits per heavy atom. The van der Waals surface area contributed by atoms with Crippen molar-refractivity contribution >= 4 is 17.3 Å². The zero-order valence-corrected chi connectivity index (χ0v) is 14.7. The van der Waals surface area contributed by atoms with Crippen molar-refractivity contribution in [3.05, 3.63) is 24.3 Å². The van der Waals surface area contributed by atoms with Crippen molar-refractivity contribution in [1.82, 2.24) is 4.90 Å². The molecule has 5 nitrogen and oxygen atoms in total. The number of hydrogen-bond acceptors (Lipinski definition) is 4. The number of benzene rings is 1. The van der Waals surface area contributed by atoms with Crippen LogP contribution >= 0.6 is 0 Å². The molecule has 3 rings (SSSR count). The van der Waals surface area contributed by atoms with Gasteiger partial charge in [0, 0.05) is 50.5 Å². The number of nitrogens with one attached hydrogen (secondary N) is 1. The summed E-state index contributed by atoms with van der Waals surface area (Å²) in [5, 5.41) is 3.35. The Kier molecular flexibility index (Phi) is 5.96. The number of hydrogen-bond donors (Lipinski definition) is 1. The minimum atomic E-state index is 0.213. The lowest BCUT2D eigenvalue weighted by Crippen LogP contribution is -2.41. The summed E-state index contributed by atoms with van der Waals surface area (Å²) in [5.41, 5.74) is 2.38. The lowest BCUT2D eigenvalue weighted by molar-refractivity contribution is -0.134. The lowest BCUT2D eigenvalue weighted by atomic mass is 9.99. The first-order chi connectivity index (χ1) is 11.7. The molecule has 1 aromatic carbocycles. The normalized spacial score (nSPS) is 19.4. The molecule has 24 heavy (non-hydrogen) atoms. The van der Waals surface area contributed by atoms with E-state index in [0.717, 1.165) is 37.8 Å². The maximum Gasteiger partial charge on any atom is 0.224 e. The topological polar surface area (TPSA) is 44.8 Å². The second-order valence-corrected chi connectivity index (χ2v) is 6.89. The third-order valence-corrected chi connectivity index (χ3v) is 5.05. The zero-order valence-electron chi connectivity index (χ0n) is 14.7. The molecule has 2 aliphatic heterocycles. The van der Waals surface area contributed by atoms with Gasteiger partial charge in [-0.05, 0) is 43.0 Å². The van der Waals surface area contributed by atoms with Crippen LogP contribution < -0.4 is 10.2 Å². The van der Waals surface area contributed by atoms with Gasteiger partial charge in [0.25, 0.3) is 0 Å². The predicted octanol–water partition coefficient (Wildman–Crippen LogP) is 2.58. The van der Waals surface area contributed by atoms with Crippen LogP contribution in [0.2, 0.25) is 0 Å². The first-order valence-corrected chi connectivity index (χ1v) is 9.17. The molecule has 5 heteroatoms. The first kappa shape index (κ1) is 17.1. The summed E-state index contributed by atoms with van der Waals surface area (Å²) in [4.78, 5) is 16.5. The van der Waals surface area contributed by atoms with Crippen LogP contribution in [0.15, 0.2) is 24.3 Å². The summed E-state index contributed by atoms with van der Waals surface area (Å²) in [7, 11) is 0. The molecule has 0 unspecified atom stereocenters. The molecule has 2 heterocycles. The molecule has 0 aliphatic carbocycles. The highest BCUT2D eigenvalue weighted by molar-refractivity contribution is 5.76. The van der Waals surface area contributed by atoms with Crippen molar-refractivity contribution < 1.29 is 9.53 Å². The van der Waals surface area contributed by atoms with E-state index < -0.39 is 0 Å². The molecule has 0 aromatic heterocycles. The van der Waals surface area contributed by atoms with Crippen molar-refractivity contribution in [2.45, 2.75) is 26.2 Å². The van der Waals surface area contributed by atoms with E-state index in [0.29, 0.717) is 26.2 Å². The molecule has 0 radical (unpaired) electrons. The molecule has 1 amide bonds. The summed E-state index contributed by atoms with van der Waals surface area (Å²) in [5.74, 6) is 1.07. The predicted molar refractivity (Wildman–Crippen MR) is 97.6 cm³/mol. The molecule has 1 N–H and O–H groups in total. The Morgan fingerprint density at radius 1 is 1.12 bits per heavy atom. The number of ether oxygens (including phenoxy) is 1. The van der Waals surface area contributed by atoms with Gasteiger partial charge in [0.05, 0.1) is 13.2 Å². The van der Waals surface area contributed by atoms with Crippen LogP contribution in [0.4, 0.5) is 11.4 Å². The van der Waals surface area contributed by atoms with Gasteiger partial charge in [-0.2, -0.15) is 0 Å². The number of nitrogens with zero attached hydrogens (tertiary/aromatic N) is 2. The van der Waals surface area contributed by atoms with Crippen molar-refractivity contribution in [2.75, 3.05) is 56.2 Å². The Balaban J connectivity index is 1.42. The Labute approximate surface area is 145 Å². The van der Waals surface area contributed by atoms with E-state index in [1.54, 1.807) is 0 Å². The highest BCUT2D eigenvalue weighted by Crippen LogP contribution is 2.24. The van der Waals surface area contributed by atoms with Gasteiger partial charge >= 0.3 is 0 Å². The number of carbonyl (C=O) groups excluding carboxylic acids is 1. The summed E-state index contributed by atoms with van der Waals surface area (Å²) in [6.45, 7) is 8.10. The minimum Gasteiger partial charge on any atom is -0.385 e. The third kappa shape index (κ3) is 4.63. The fourth-order valence-electron chi connectivity index (χ4n) is 3.34. The van der Waals surface area contributed by atoms with E-state index in [-0.39, 0.29) is 5.91 Å². The van der Waals surface area contributed by atoms with Crippen LogP contribution in [0, 0.1) is 5.92 Å². The highest BCUT2D eigenvalue weighted by Gasteiger charge is 2.17. The molecule has 0 spiro atoms. The molecule has 0 bridgehead atoms. The van der Waals surface area contributed by atoms with Crippen LogP contribution in [0.5, 0.6) is 0 Å². The smallest absolute Gasteiger partial charge is 0.224 e. The van der Waals surface area contributed by atoms with Crippen molar-refractivity contribution in [3.8, 4) is 0 Å². The summed E-state index contributed by atoms with van der Waals surface area (Å²) >= 11 is 0. The molecule has 2 saturated heterocycles. The van der Waals surface area contributed by atoms with Crippen LogP contribution in [-0.2, 0) is 9.53 Å². The van der Waals surface area contributed by atoms with Gasteiger partial charge < -0.3 is 19.9 Å². The van der Waals surface area contributed by atoms with Crippen LogP contribution in [0.1, 0.15) is 26.2 Å². The van der Waals surface area contributed by atoms with Crippen LogP contribution in [0.3, 0.4) is 0 Å². The first-order valence-electron chi connectivity index (χ1n) is 9.17. The number of anilines is 2. The molecule has 1 aromatic rings. The number of piperidine rings is 1. The SMILES string of the molecule is CC1CCN(c2ccc(NCCC(=O)N3CCOCC3)cc2)CC1. The fourth-order valence-corrected chi connectivity index (χ4v) is 3.34. The van der Waals surface area contributed by atoms with E-state index in [9.17, 15) is 4.79 Å². The molecular weight excluding hydrogens is 302 g/mol. The number of morpholine rings is 1. The Morgan fingerprint density at radius 2 is 1.79 bits per heavy atom. The molecule has 2 fully saturated rings. The average Bonchev–Trinajstić information content (AvgIpc) is 2.64. The number of rotatable bonds is 5. The summed E-state index contributed by atoms with van der Waals surface area (Å²) in [6, 6.07) is 8.60. The molecular formula is C19H29N3O2. The zero-order chi connectivity index (χ0) is 16.8. The second-order valence-electron chi connectivity index (χ2n) is 6.89. The van der Waals surface area contributed by atoms with Crippen LogP contribution in [0.25, 0.3) is 0 Å². The maximum absolute atomic E-state index is 12.1. The lowest BCUT2D eigenvalue weighted by Gasteiger charge is -2.32. The van der Waals surface area contributed by atoms with E-state index in [1.807, 2.05) is 4.90 Å². The summed E-state index contributed by atoms with van der Waals surface area (Å²) in [6.07, 6.45) is 3.10. The maximum atomic E-state index is 12.1. The van der Waals surface area contributed by atoms with Crippen molar-refractivity contribution in [2.24, 2.45) is 5.92 Å². The van der Waals surface area contributed by atoms with Gasteiger partial charge in [-0.1, -0.05) is 6.92 Å². The van der Waals surface area contributed by atoms with E-state index in [2.05, 4.69) is 41.4 Å². The Hall–Kier alpha value is -1.75. The van der Waals surface area contributed by atoms with Gasteiger partial charge in [0.15, 0.2) is 0 Å². The highest BCUT2D eigenvalue weighted by atomic mass is 16.5. The number of carbonyl (C=O) groups is 1. The standard InChI is InChI=1S/C19H29N3O2/c1-16-7-10-21(11-8-16)18-4-2-17(3-5-18)20-9-6-19(23)22-12-14-24-15-13-22/h2-5,16,20H,6-15H2,1H3. The fraction of sp³-hybridized carbons (Fsp3) is 0.632.